The fourth-order valence-electron chi connectivity index (χ4n) is 1.90. The Morgan fingerprint density at radius 1 is 1.53 bits per heavy atom. The molecule has 1 fully saturated rings. The van der Waals surface area contributed by atoms with Crippen LogP contribution in [0.15, 0.2) is 4.99 Å². The van der Waals surface area contributed by atoms with E-state index in [0.29, 0.717) is 0 Å². The number of nitrogens with zero attached hydrogens (tertiary/aromatic N) is 1. The van der Waals surface area contributed by atoms with E-state index in [-0.39, 0.29) is 0 Å². The number of hydrogen-bond donors (Lipinski definition) is 7. The maximum absolute atomic E-state index is 11.7. The molecule has 6 atom stereocenters. The number of aliphatic hydroxyl groups excluding tert-OH is 3. The number of nitrogens with one attached hydrogen (secondary N) is 2. The number of hydrogen-bond acceptors (Lipinski definition) is 9. The molecule has 2 rings (SSSR count). The zero-order chi connectivity index (χ0) is 14.2. The van der Waals surface area contributed by atoms with Crippen LogP contribution >= 0.6 is 0 Å². The van der Waals surface area contributed by atoms with Gasteiger partial charge >= 0.3 is 0 Å². The summed E-state index contributed by atoms with van der Waals surface area (Å²) in [5.74, 6) is -0.646. The van der Waals surface area contributed by atoms with Gasteiger partial charge in [-0.05, 0) is 0 Å². The van der Waals surface area contributed by atoms with E-state index in [9.17, 15) is 15.0 Å². The predicted octanol–water partition coefficient (Wildman–Crippen LogP) is -4.89. The van der Waals surface area contributed by atoms with E-state index in [4.69, 9.17) is 21.3 Å². The standard InChI is InChI=1S/C9H17N5O5/c10-8-12-2-9(11,7(18)13-8)14-6-5(17)4(16)3(1-15)19-6/h2-6,8,14-17H,1,10-11H2,(H,13,18)/t3-,4-,5-,6?,8?,9?/m1/s1. The van der Waals surface area contributed by atoms with Crippen LogP contribution in [0.25, 0.3) is 0 Å². The van der Waals surface area contributed by atoms with Gasteiger partial charge in [0.1, 0.15) is 24.5 Å². The summed E-state index contributed by atoms with van der Waals surface area (Å²) in [6.45, 7) is -0.473. The lowest BCUT2D eigenvalue weighted by Crippen LogP contribution is -2.72. The number of aliphatic hydroxyl groups is 3. The second kappa shape index (κ2) is 5.09. The highest BCUT2D eigenvalue weighted by Gasteiger charge is 2.47. The van der Waals surface area contributed by atoms with Crippen LogP contribution in [0.4, 0.5) is 0 Å². The van der Waals surface area contributed by atoms with E-state index in [1.165, 1.54) is 0 Å². The van der Waals surface area contributed by atoms with Crippen molar-refractivity contribution >= 4 is 12.1 Å². The third-order valence-corrected chi connectivity index (χ3v) is 3.02. The van der Waals surface area contributed by atoms with Gasteiger partial charge in [-0.1, -0.05) is 0 Å². The van der Waals surface area contributed by atoms with Crippen molar-refractivity contribution in [3.05, 3.63) is 0 Å². The molecule has 0 aromatic rings. The zero-order valence-electron chi connectivity index (χ0n) is 9.93. The first-order valence-corrected chi connectivity index (χ1v) is 5.67. The lowest BCUT2D eigenvalue weighted by atomic mass is 10.1. The summed E-state index contributed by atoms with van der Waals surface area (Å²) in [5, 5.41) is 33.1. The lowest BCUT2D eigenvalue weighted by Gasteiger charge is -2.33. The molecular formula is C9H17N5O5. The summed E-state index contributed by atoms with van der Waals surface area (Å²) in [5.41, 5.74) is 9.44. The van der Waals surface area contributed by atoms with Crippen LogP contribution in [0.5, 0.6) is 0 Å². The Morgan fingerprint density at radius 3 is 2.74 bits per heavy atom. The summed E-state index contributed by atoms with van der Waals surface area (Å²) >= 11 is 0. The van der Waals surface area contributed by atoms with Crippen LogP contribution in [-0.2, 0) is 9.53 Å². The van der Waals surface area contributed by atoms with Gasteiger partial charge in [-0.15, -0.1) is 0 Å². The Morgan fingerprint density at radius 2 is 2.21 bits per heavy atom. The highest BCUT2D eigenvalue weighted by molar-refractivity contribution is 6.03. The van der Waals surface area contributed by atoms with Crippen molar-refractivity contribution in [2.24, 2.45) is 16.5 Å². The molecule has 9 N–H and O–H groups in total. The van der Waals surface area contributed by atoms with Crippen LogP contribution < -0.4 is 22.1 Å². The van der Waals surface area contributed by atoms with Gasteiger partial charge < -0.3 is 31.1 Å². The van der Waals surface area contributed by atoms with Gasteiger partial charge in [-0.25, -0.2) is 0 Å². The van der Waals surface area contributed by atoms with E-state index in [1.807, 2.05) is 0 Å². The molecule has 0 aromatic carbocycles. The summed E-state index contributed by atoms with van der Waals surface area (Å²) in [4.78, 5) is 15.5. The third-order valence-electron chi connectivity index (χ3n) is 3.02. The molecule has 2 aliphatic heterocycles. The molecule has 1 saturated heterocycles. The van der Waals surface area contributed by atoms with Crippen LogP contribution in [0.2, 0.25) is 0 Å². The number of rotatable bonds is 3. The third kappa shape index (κ3) is 2.60. The molecule has 0 bridgehead atoms. The van der Waals surface area contributed by atoms with Crippen LogP contribution in [0, 0.1) is 0 Å². The Bertz CT molecular complexity index is 393. The lowest BCUT2D eigenvalue weighted by molar-refractivity contribution is -0.128. The van der Waals surface area contributed by atoms with E-state index in [1.54, 1.807) is 0 Å². The summed E-state index contributed by atoms with van der Waals surface area (Å²) in [7, 11) is 0. The van der Waals surface area contributed by atoms with Crippen molar-refractivity contribution in [1.82, 2.24) is 10.6 Å². The summed E-state index contributed by atoms with van der Waals surface area (Å²) in [6, 6.07) is 0. The molecule has 19 heavy (non-hydrogen) atoms. The molecule has 0 saturated carbocycles. The molecule has 0 aliphatic carbocycles. The molecule has 0 radical (unpaired) electrons. The molecular weight excluding hydrogens is 258 g/mol. The Kier molecular flexibility index (Phi) is 3.82. The van der Waals surface area contributed by atoms with E-state index < -0.39 is 49.0 Å². The summed E-state index contributed by atoms with van der Waals surface area (Å²) < 4.78 is 5.16. The fraction of sp³-hybridized carbons (Fsp3) is 0.778. The first kappa shape index (κ1) is 14.3. The number of carbonyl (C=O) groups excluding carboxylic acids is 1. The van der Waals surface area contributed by atoms with Gasteiger partial charge in [-0.2, -0.15) is 0 Å². The zero-order valence-corrected chi connectivity index (χ0v) is 9.93. The number of nitrogens with two attached hydrogens (primary N) is 2. The highest BCUT2D eigenvalue weighted by atomic mass is 16.6. The number of ether oxygens (including phenoxy) is 1. The molecule has 10 nitrogen and oxygen atoms in total. The van der Waals surface area contributed by atoms with Crippen LogP contribution in [0.1, 0.15) is 0 Å². The van der Waals surface area contributed by atoms with Crippen molar-refractivity contribution in [2.75, 3.05) is 6.61 Å². The first-order valence-electron chi connectivity index (χ1n) is 5.67. The SMILES string of the molecule is NC1N=CC(N)(NC2O[C@H](CO)[C@@H](O)[C@H]2O)C(=O)N1. The first-order chi connectivity index (χ1) is 8.87. The van der Waals surface area contributed by atoms with Gasteiger partial charge in [-0.3, -0.25) is 20.8 Å². The van der Waals surface area contributed by atoms with Crippen LogP contribution in [0.3, 0.4) is 0 Å². The number of aliphatic imine (C=N–C) groups is 1. The molecule has 0 aromatic heterocycles. The van der Waals surface area contributed by atoms with Gasteiger partial charge in [0, 0.05) is 6.21 Å². The Balaban J connectivity index is 2.09. The molecule has 10 heteroatoms. The van der Waals surface area contributed by atoms with Gasteiger partial charge in [0.2, 0.25) is 0 Å². The summed E-state index contributed by atoms with van der Waals surface area (Å²) in [6.07, 6.45) is -4.47. The second-order valence-corrected chi connectivity index (χ2v) is 4.47. The van der Waals surface area contributed by atoms with Crippen molar-refractivity contribution in [2.45, 2.75) is 36.5 Å². The van der Waals surface area contributed by atoms with E-state index in [0.717, 1.165) is 6.21 Å². The number of carbonyl (C=O) groups is 1. The molecule has 3 unspecified atom stereocenters. The van der Waals surface area contributed by atoms with E-state index in [2.05, 4.69) is 15.6 Å². The van der Waals surface area contributed by atoms with Gasteiger partial charge in [0.25, 0.3) is 5.91 Å². The highest BCUT2D eigenvalue weighted by Crippen LogP contribution is 2.20. The topological polar surface area (TPSA) is 175 Å². The van der Waals surface area contributed by atoms with E-state index >= 15 is 0 Å². The minimum Gasteiger partial charge on any atom is -0.394 e. The second-order valence-electron chi connectivity index (χ2n) is 4.47. The van der Waals surface area contributed by atoms with Crippen molar-refractivity contribution in [1.29, 1.82) is 0 Å². The maximum atomic E-state index is 11.7. The predicted molar refractivity (Wildman–Crippen MR) is 62.4 cm³/mol. The minimum atomic E-state index is -1.72. The fourth-order valence-corrected chi connectivity index (χ4v) is 1.90. The van der Waals surface area contributed by atoms with Crippen molar-refractivity contribution < 1.29 is 24.9 Å². The quantitative estimate of drug-likeness (QED) is 0.251. The average Bonchev–Trinajstić information content (AvgIpc) is 2.63. The van der Waals surface area contributed by atoms with Gasteiger partial charge in [0.05, 0.1) is 6.61 Å². The molecule has 2 aliphatic rings. The Labute approximate surface area is 108 Å². The Hall–Kier alpha value is -1.14. The molecule has 108 valence electrons. The van der Waals surface area contributed by atoms with Gasteiger partial charge in [0.15, 0.2) is 12.0 Å². The normalized spacial score (nSPS) is 46.4. The van der Waals surface area contributed by atoms with Crippen molar-refractivity contribution in [3.8, 4) is 0 Å². The largest absolute Gasteiger partial charge is 0.394 e. The van der Waals surface area contributed by atoms with Crippen molar-refractivity contribution in [3.63, 3.8) is 0 Å². The maximum Gasteiger partial charge on any atom is 0.263 e. The monoisotopic (exact) mass is 275 g/mol. The molecule has 0 spiro atoms. The molecule has 2 heterocycles. The average molecular weight is 275 g/mol. The number of amides is 1. The minimum absolute atomic E-state index is 0.473. The molecule has 1 amide bonds. The van der Waals surface area contributed by atoms with Crippen LogP contribution in [-0.4, -0.2) is 70.5 Å². The smallest absolute Gasteiger partial charge is 0.263 e.